The van der Waals surface area contributed by atoms with E-state index in [1.54, 1.807) is 18.2 Å². The van der Waals surface area contributed by atoms with E-state index in [9.17, 15) is 9.59 Å². The molecule has 1 saturated heterocycles. The number of amides is 1. The number of morpholine rings is 1. The molecule has 150 valence electrons. The van der Waals surface area contributed by atoms with Gasteiger partial charge in [-0.2, -0.15) is 0 Å². The van der Waals surface area contributed by atoms with Crippen LogP contribution in [0.2, 0.25) is 0 Å². The number of benzene rings is 2. The summed E-state index contributed by atoms with van der Waals surface area (Å²) in [6.45, 7) is 4.67. The fraction of sp³-hybridized carbons (Fsp3) is 0.318. The number of hydrogen-bond donors (Lipinski definition) is 3. The van der Waals surface area contributed by atoms with Crippen molar-refractivity contribution in [2.75, 3.05) is 31.6 Å². The maximum Gasteiger partial charge on any atom is 0.258 e. The zero-order valence-corrected chi connectivity index (χ0v) is 16.2. The third-order valence-corrected chi connectivity index (χ3v) is 5.14. The number of H-pyrrole nitrogens is 1. The number of carbonyl (C=O) groups excluding carboxylic acids is 1. The van der Waals surface area contributed by atoms with Gasteiger partial charge in [-0.1, -0.05) is 24.3 Å². The molecule has 3 N–H and O–H groups in total. The van der Waals surface area contributed by atoms with Crippen molar-refractivity contribution < 1.29 is 14.4 Å². The Hall–Kier alpha value is -3.03. The highest BCUT2D eigenvalue weighted by Gasteiger charge is 2.14. The Kier molecular flexibility index (Phi) is 5.97. The molecule has 1 aliphatic rings. The van der Waals surface area contributed by atoms with Crippen LogP contribution in [0.3, 0.4) is 0 Å². The Morgan fingerprint density at radius 1 is 1.10 bits per heavy atom. The predicted octanol–water partition coefficient (Wildman–Crippen LogP) is 0.910. The minimum absolute atomic E-state index is 0.104. The van der Waals surface area contributed by atoms with Crippen molar-refractivity contribution >= 4 is 22.5 Å². The van der Waals surface area contributed by atoms with Crippen LogP contribution in [0.1, 0.15) is 17.8 Å². The van der Waals surface area contributed by atoms with Crippen molar-refractivity contribution in [3.05, 3.63) is 70.3 Å². The Morgan fingerprint density at radius 2 is 1.86 bits per heavy atom. The summed E-state index contributed by atoms with van der Waals surface area (Å²) in [5.74, 6) is 0.417. The van der Waals surface area contributed by atoms with Crippen LogP contribution in [0.5, 0.6) is 0 Å². The first-order valence-electron chi connectivity index (χ1n) is 9.95. The van der Waals surface area contributed by atoms with Gasteiger partial charge in [-0.05, 0) is 24.3 Å². The number of anilines is 1. The smallest absolute Gasteiger partial charge is 0.258 e. The number of ether oxygens (including phenoxy) is 1. The Balaban J connectivity index is 1.31. The maximum absolute atomic E-state index is 12.3. The number of nitrogens with zero attached hydrogens (tertiary/aromatic N) is 1. The number of aryl methyl sites for hydroxylation is 1. The highest BCUT2D eigenvalue weighted by atomic mass is 16.5. The van der Waals surface area contributed by atoms with Crippen molar-refractivity contribution in [3.8, 4) is 0 Å². The average molecular weight is 393 g/mol. The van der Waals surface area contributed by atoms with Crippen molar-refractivity contribution in [1.82, 2.24) is 9.97 Å². The monoisotopic (exact) mass is 393 g/mol. The number of para-hydroxylation sites is 1. The van der Waals surface area contributed by atoms with Crippen LogP contribution in [0.15, 0.2) is 53.3 Å². The first-order chi connectivity index (χ1) is 14.2. The third kappa shape index (κ3) is 5.07. The van der Waals surface area contributed by atoms with Crippen LogP contribution in [0.25, 0.3) is 10.9 Å². The molecule has 0 bridgehead atoms. The van der Waals surface area contributed by atoms with Gasteiger partial charge in [-0.15, -0.1) is 0 Å². The summed E-state index contributed by atoms with van der Waals surface area (Å²) < 4.78 is 5.39. The number of nitrogens with one attached hydrogen (secondary N) is 3. The first-order valence-corrected chi connectivity index (χ1v) is 9.95. The molecule has 0 saturated carbocycles. The molecule has 1 amide bonds. The Labute approximate surface area is 168 Å². The fourth-order valence-corrected chi connectivity index (χ4v) is 3.54. The van der Waals surface area contributed by atoms with Crippen LogP contribution in [0, 0.1) is 0 Å². The number of carbonyl (C=O) groups is 1. The Morgan fingerprint density at radius 3 is 2.66 bits per heavy atom. The molecule has 1 aromatic heterocycles. The highest BCUT2D eigenvalue weighted by molar-refractivity contribution is 5.90. The van der Waals surface area contributed by atoms with Crippen molar-refractivity contribution in [2.45, 2.75) is 19.4 Å². The summed E-state index contributed by atoms with van der Waals surface area (Å²) in [6.07, 6.45) is 0.630. The quantitative estimate of drug-likeness (QED) is 0.581. The molecule has 3 aromatic rings. The highest BCUT2D eigenvalue weighted by Crippen LogP contribution is 2.11. The summed E-state index contributed by atoms with van der Waals surface area (Å²) in [4.78, 5) is 33.1. The zero-order valence-electron chi connectivity index (χ0n) is 16.2. The molecule has 0 radical (unpaired) electrons. The number of aromatic nitrogens is 2. The van der Waals surface area contributed by atoms with E-state index in [1.807, 2.05) is 18.2 Å². The second-order valence-electron chi connectivity index (χ2n) is 7.31. The van der Waals surface area contributed by atoms with E-state index in [2.05, 4.69) is 27.4 Å². The lowest BCUT2D eigenvalue weighted by atomic mass is 10.2. The minimum atomic E-state index is -0.177. The van der Waals surface area contributed by atoms with Crippen molar-refractivity contribution in [1.29, 1.82) is 0 Å². The van der Waals surface area contributed by atoms with Crippen LogP contribution in [0.4, 0.5) is 5.69 Å². The van der Waals surface area contributed by atoms with E-state index in [0.29, 0.717) is 23.1 Å². The van der Waals surface area contributed by atoms with Gasteiger partial charge in [0.25, 0.3) is 5.56 Å². The van der Waals surface area contributed by atoms with E-state index in [0.717, 1.165) is 38.5 Å². The molecule has 0 spiro atoms. The van der Waals surface area contributed by atoms with Gasteiger partial charge in [-0.3, -0.25) is 9.59 Å². The lowest BCUT2D eigenvalue weighted by Crippen LogP contribution is -3.12. The lowest BCUT2D eigenvalue weighted by molar-refractivity contribution is -0.921. The molecule has 0 atom stereocenters. The van der Waals surface area contributed by atoms with Gasteiger partial charge in [0.05, 0.1) is 24.1 Å². The number of rotatable bonds is 6. The topological polar surface area (TPSA) is 88.5 Å². The molecule has 29 heavy (non-hydrogen) atoms. The third-order valence-electron chi connectivity index (χ3n) is 5.14. The summed E-state index contributed by atoms with van der Waals surface area (Å²) in [7, 11) is 0. The maximum atomic E-state index is 12.3. The fourth-order valence-electron chi connectivity index (χ4n) is 3.54. The summed E-state index contributed by atoms with van der Waals surface area (Å²) in [5, 5.41) is 3.46. The number of aromatic amines is 1. The molecule has 0 unspecified atom stereocenters. The number of fused-ring (bicyclic) bond motifs is 1. The van der Waals surface area contributed by atoms with Gasteiger partial charge in [0.2, 0.25) is 5.91 Å². The van der Waals surface area contributed by atoms with Crippen LogP contribution >= 0.6 is 0 Å². The van der Waals surface area contributed by atoms with E-state index < -0.39 is 0 Å². The van der Waals surface area contributed by atoms with Gasteiger partial charge >= 0.3 is 0 Å². The van der Waals surface area contributed by atoms with Gasteiger partial charge < -0.3 is 19.9 Å². The van der Waals surface area contributed by atoms with Gasteiger partial charge in [-0.25, -0.2) is 4.98 Å². The number of quaternary nitrogens is 1. The molecular weight excluding hydrogens is 368 g/mol. The standard InChI is InChI=1S/C22H24N4O3/c27-21(10-9-20-24-19-4-2-1-3-18(19)22(28)25-20)23-17-7-5-16(6-8-17)15-26-11-13-29-14-12-26/h1-8H,9-15H2,(H,23,27)(H,24,25,28)/p+1. The molecule has 4 rings (SSSR count). The largest absolute Gasteiger partial charge is 0.370 e. The molecule has 1 aliphatic heterocycles. The SMILES string of the molecule is O=C(CCc1nc2ccccc2c(=O)[nH]1)Nc1ccc(C[NH+]2CCOCC2)cc1. The van der Waals surface area contributed by atoms with Gasteiger partial charge in [0.15, 0.2) is 0 Å². The summed E-state index contributed by atoms with van der Waals surface area (Å²) in [5.41, 5.74) is 2.49. The Bertz CT molecular complexity index is 1040. The molecule has 1 fully saturated rings. The molecular formula is C22H25N4O3+. The second-order valence-corrected chi connectivity index (χ2v) is 7.31. The van der Waals surface area contributed by atoms with Crippen LogP contribution < -0.4 is 15.8 Å². The van der Waals surface area contributed by atoms with Crippen LogP contribution in [-0.4, -0.2) is 42.2 Å². The lowest BCUT2D eigenvalue weighted by Gasteiger charge is -2.23. The van der Waals surface area contributed by atoms with Crippen LogP contribution in [-0.2, 0) is 22.5 Å². The second kappa shape index (κ2) is 8.98. The molecule has 7 nitrogen and oxygen atoms in total. The van der Waals surface area contributed by atoms with Crippen molar-refractivity contribution in [2.24, 2.45) is 0 Å². The first kappa shape index (κ1) is 19.3. The van der Waals surface area contributed by atoms with E-state index in [1.165, 1.54) is 10.5 Å². The minimum Gasteiger partial charge on any atom is -0.370 e. The van der Waals surface area contributed by atoms with Crippen molar-refractivity contribution in [3.63, 3.8) is 0 Å². The van der Waals surface area contributed by atoms with Gasteiger partial charge in [0, 0.05) is 24.1 Å². The number of hydrogen-bond acceptors (Lipinski definition) is 4. The van der Waals surface area contributed by atoms with E-state index in [4.69, 9.17) is 4.74 Å². The zero-order chi connectivity index (χ0) is 20.1. The molecule has 2 aromatic carbocycles. The molecule has 7 heteroatoms. The normalized spacial score (nSPS) is 14.8. The summed E-state index contributed by atoms with van der Waals surface area (Å²) in [6, 6.07) is 15.2. The average Bonchev–Trinajstić information content (AvgIpc) is 2.74. The van der Waals surface area contributed by atoms with Gasteiger partial charge in [0.1, 0.15) is 25.5 Å². The van der Waals surface area contributed by atoms with E-state index in [-0.39, 0.29) is 17.9 Å². The summed E-state index contributed by atoms with van der Waals surface area (Å²) >= 11 is 0. The van der Waals surface area contributed by atoms with E-state index >= 15 is 0 Å². The molecule has 0 aliphatic carbocycles. The molecule has 2 heterocycles. The predicted molar refractivity (Wildman–Crippen MR) is 111 cm³/mol.